The highest BCUT2D eigenvalue weighted by atomic mass is 35.5. The van der Waals surface area contributed by atoms with Gasteiger partial charge in [-0.25, -0.2) is 8.42 Å². The lowest BCUT2D eigenvalue weighted by atomic mass is 10.1. The normalized spacial score (nSPS) is 18.2. The van der Waals surface area contributed by atoms with E-state index in [9.17, 15) is 22.8 Å². The van der Waals surface area contributed by atoms with Gasteiger partial charge in [-0.05, 0) is 30.7 Å². The molecule has 0 aromatic heterocycles. The van der Waals surface area contributed by atoms with Crippen LogP contribution in [-0.2, 0) is 19.4 Å². The Kier molecular flexibility index (Phi) is 6.85. The van der Waals surface area contributed by atoms with Crippen LogP contribution < -0.4 is 15.8 Å². The van der Waals surface area contributed by atoms with Gasteiger partial charge in [0.05, 0.1) is 17.5 Å². The Morgan fingerprint density at radius 3 is 2.23 bits per heavy atom. The zero-order valence-electron chi connectivity index (χ0n) is 13.6. The average Bonchev–Trinajstić information content (AvgIpc) is 2.99. The van der Waals surface area contributed by atoms with Gasteiger partial charge in [0.25, 0.3) is 11.8 Å². The minimum atomic E-state index is -3.18. The Hall–Kier alpha value is -1.84. The first-order valence-electron chi connectivity index (χ1n) is 7.61. The summed E-state index contributed by atoms with van der Waals surface area (Å²) in [5.74, 6) is -2.22. The molecule has 0 radical (unpaired) electrons. The number of amides is 3. The van der Waals surface area contributed by atoms with E-state index in [-0.39, 0.29) is 28.8 Å². The molecule has 1 aliphatic rings. The minimum Gasteiger partial charge on any atom is -0.307 e. The standard InChI is InChI=1S/C15H17Cl2N3O5S/c16-7-13(21)18-19-15(23)10-1-3-11(4-2-10)20(14(22)8-17)12-5-6-26(24,25)9-12/h1-4,12H,5-9H2,(H,18,21)(H,19,23)/t12-/m1/s1. The number of alkyl halides is 2. The molecule has 2 N–H and O–H groups in total. The van der Waals surface area contributed by atoms with Gasteiger partial charge in [-0.1, -0.05) is 0 Å². The van der Waals surface area contributed by atoms with E-state index in [2.05, 4.69) is 10.9 Å². The molecule has 0 saturated carbocycles. The van der Waals surface area contributed by atoms with Crippen LogP contribution in [0.4, 0.5) is 5.69 Å². The molecule has 8 nitrogen and oxygen atoms in total. The maximum absolute atomic E-state index is 12.2. The van der Waals surface area contributed by atoms with Crippen molar-refractivity contribution < 1.29 is 22.8 Å². The van der Waals surface area contributed by atoms with Crippen molar-refractivity contribution in [1.29, 1.82) is 0 Å². The monoisotopic (exact) mass is 421 g/mol. The first-order valence-corrected chi connectivity index (χ1v) is 10.5. The molecule has 11 heteroatoms. The number of hydrazine groups is 1. The summed E-state index contributed by atoms with van der Waals surface area (Å²) in [5.41, 5.74) is 5.00. The number of carbonyl (C=O) groups is 3. The van der Waals surface area contributed by atoms with E-state index in [0.29, 0.717) is 12.1 Å². The van der Waals surface area contributed by atoms with Gasteiger partial charge >= 0.3 is 0 Å². The molecule has 0 spiro atoms. The fourth-order valence-corrected chi connectivity index (χ4v) is 4.50. The third kappa shape index (κ3) is 5.09. The number of hydrogen-bond acceptors (Lipinski definition) is 5. The van der Waals surface area contributed by atoms with E-state index in [1.54, 1.807) is 0 Å². The summed E-state index contributed by atoms with van der Waals surface area (Å²) in [6.45, 7) is 0. The number of sulfone groups is 1. The first-order chi connectivity index (χ1) is 12.3. The van der Waals surface area contributed by atoms with Crippen molar-refractivity contribution in [1.82, 2.24) is 10.9 Å². The molecule has 0 unspecified atom stereocenters. The van der Waals surface area contributed by atoms with Crippen LogP contribution in [0.15, 0.2) is 24.3 Å². The quantitative estimate of drug-likeness (QED) is 0.529. The Morgan fingerprint density at radius 1 is 1.08 bits per heavy atom. The van der Waals surface area contributed by atoms with Crippen molar-refractivity contribution in [3.8, 4) is 0 Å². The van der Waals surface area contributed by atoms with E-state index in [0.717, 1.165) is 0 Å². The topological polar surface area (TPSA) is 113 Å². The van der Waals surface area contributed by atoms with Gasteiger partial charge in [0.15, 0.2) is 9.84 Å². The number of carbonyl (C=O) groups excluding carboxylic acids is 3. The number of nitrogens with one attached hydrogen (secondary N) is 2. The van der Waals surface area contributed by atoms with Crippen molar-refractivity contribution in [2.24, 2.45) is 0 Å². The van der Waals surface area contributed by atoms with Gasteiger partial charge in [0, 0.05) is 11.3 Å². The van der Waals surface area contributed by atoms with Gasteiger partial charge in [-0.3, -0.25) is 25.2 Å². The molecule has 3 amide bonds. The largest absolute Gasteiger partial charge is 0.307 e. The van der Waals surface area contributed by atoms with Crippen molar-refractivity contribution in [3.63, 3.8) is 0 Å². The second-order valence-electron chi connectivity index (χ2n) is 5.64. The van der Waals surface area contributed by atoms with Crippen molar-refractivity contribution in [2.75, 3.05) is 28.2 Å². The van der Waals surface area contributed by atoms with Gasteiger partial charge in [0.2, 0.25) is 5.91 Å². The molecule has 1 heterocycles. The third-order valence-electron chi connectivity index (χ3n) is 3.80. The average molecular weight is 422 g/mol. The lowest BCUT2D eigenvalue weighted by Gasteiger charge is -2.27. The summed E-state index contributed by atoms with van der Waals surface area (Å²) in [4.78, 5) is 36.5. The maximum Gasteiger partial charge on any atom is 0.269 e. The number of hydrogen-bond donors (Lipinski definition) is 2. The summed E-state index contributed by atoms with van der Waals surface area (Å²) in [6, 6.07) is 5.46. The van der Waals surface area contributed by atoms with Crippen LogP contribution in [0.5, 0.6) is 0 Å². The highest BCUT2D eigenvalue weighted by Crippen LogP contribution is 2.25. The molecular weight excluding hydrogens is 405 g/mol. The maximum atomic E-state index is 12.2. The second kappa shape index (κ2) is 8.70. The van der Waals surface area contributed by atoms with Gasteiger partial charge in [0.1, 0.15) is 11.8 Å². The summed E-state index contributed by atoms with van der Waals surface area (Å²) in [7, 11) is -3.18. The summed E-state index contributed by atoms with van der Waals surface area (Å²) in [5, 5.41) is 0. The molecule has 1 atom stereocenters. The molecule has 2 rings (SSSR count). The van der Waals surface area contributed by atoms with E-state index >= 15 is 0 Å². The first kappa shape index (κ1) is 20.5. The summed E-state index contributed by atoms with van der Waals surface area (Å²) < 4.78 is 23.4. The summed E-state index contributed by atoms with van der Waals surface area (Å²) >= 11 is 11.0. The van der Waals surface area contributed by atoms with E-state index in [1.807, 2.05) is 0 Å². The van der Waals surface area contributed by atoms with Crippen LogP contribution in [0.1, 0.15) is 16.8 Å². The van der Waals surface area contributed by atoms with Crippen LogP contribution in [0.2, 0.25) is 0 Å². The Morgan fingerprint density at radius 2 is 1.73 bits per heavy atom. The fourth-order valence-electron chi connectivity index (χ4n) is 2.61. The van der Waals surface area contributed by atoms with Gasteiger partial charge < -0.3 is 4.90 Å². The number of benzene rings is 1. The van der Waals surface area contributed by atoms with Crippen molar-refractivity contribution in [3.05, 3.63) is 29.8 Å². The lowest BCUT2D eigenvalue weighted by Crippen LogP contribution is -2.43. The SMILES string of the molecule is O=C(CCl)NNC(=O)c1ccc(N(C(=O)CCl)[C@@H]2CCS(=O)(=O)C2)cc1. The predicted octanol–water partition coefficient (Wildman–Crippen LogP) is 0.445. The van der Waals surface area contributed by atoms with Gasteiger partial charge in [-0.15, -0.1) is 23.2 Å². The molecule has 0 bridgehead atoms. The number of halogens is 2. The van der Waals surface area contributed by atoms with Crippen LogP contribution in [0.25, 0.3) is 0 Å². The molecule has 1 aliphatic heterocycles. The molecule has 0 aliphatic carbocycles. The van der Waals surface area contributed by atoms with Crippen LogP contribution in [-0.4, -0.2) is 55.4 Å². The van der Waals surface area contributed by atoms with Gasteiger partial charge in [-0.2, -0.15) is 0 Å². The van der Waals surface area contributed by atoms with Crippen molar-refractivity contribution in [2.45, 2.75) is 12.5 Å². The lowest BCUT2D eigenvalue weighted by molar-refractivity contribution is -0.119. The van der Waals surface area contributed by atoms with Crippen LogP contribution in [0, 0.1) is 0 Å². The second-order valence-corrected chi connectivity index (χ2v) is 8.40. The minimum absolute atomic E-state index is 0.0183. The van der Waals surface area contributed by atoms with E-state index in [4.69, 9.17) is 23.2 Å². The predicted molar refractivity (Wildman–Crippen MR) is 98.0 cm³/mol. The van der Waals surface area contributed by atoms with E-state index in [1.165, 1.54) is 29.2 Å². The van der Waals surface area contributed by atoms with Crippen molar-refractivity contribution >= 4 is 56.4 Å². The molecule has 26 heavy (non-hydrogen) atoms. The Labute approximate surface area is 160 Å². The molecule has 1 saturated heterocycles. The van der Waals surface area contributed by atoms with Crippen LogP contribution >= 0.6 is 23.2 Å². The Bertz CT molecular complexity index is 798. The molecule has 1 aromatic carbocycles. The Balaban J connectivity index is 2.16. The number of nitrogens with zero attached hydrogens (tertiary/aromatic N) is 1. The summed E-state index contributed by atoms with van der Waals surface area (Å²) in [6.07, 6.45) is 0.331. The molecule has 1 fully saturated rings. The highest BCUT2D eigenvalue weighted by Gasteiger charge is 2.35. The highest BCUT2D eigenvalue weighted by molar-refractivity contribution is 7.91. The smallest absolute Gasteiger partial charge is 0.269 e. The third-order valence-corrected chi connectivity index (χ3v) is 6.02. The molecular formula is C15H17Cl2N3O5S. The number of rotatable bonds is 5. The molecule has 142 valence electrons. The zero-order valence-corrected chi connectivity index (χ0v) is 15.9. The molecule has 1 aromatic rings. The zero-order chi connectivity index (χ0) is 19.3. The van der Waals surface area contributed by atoms with E-state index < -0.39 is 33.6 Å². The van der Waals surface area contributed by atoms with Crippen LogP contribution in [0.3, 0.4) is 0 Å². The number of anilines is 1. The fraction of sp³-hybridized carbons (Fsp3) is 0.400.